The molecule has 1 heterocycles. The maximum atomic E-state index is 6.15. The molecule has 0 amide bonds. The van der Waals surface area contributed by atoms with Crippen LogP contribution in [0, 0.1) is 5.92 Å². The number of aromatic nitrogens is 2. The molecule has 0 bridgehead atoms. The first-order valence-corrected chi connectivity index (χ1v) is 7.36. The van der Waals surface area contributed by atoms with Crippen molar-refractivity contribution >= 4 is 0 Å². The van der Waals surface area contributed by atoms with Crippen molar-refractivity contribution in [2.24, 2.45) is 11.7 Å². The zero-order valence-electron chi connectivity index (χ0n) is 12.6. The minimum atomic E-state index is -0.703. The lowest BCUT2D eigenvalue weighted by Gasteiger charge is -2.33. The standard InChI is InChI=1S/C14H25N3O3/c1-4-18-9-14(3,15)13-16-12(20-17-13)8-10-6-11(7-10)19-5-2/h10-11H,4-9,15H2,1-3H3. The predicted molar refractivity (Wildman–Crippen MR) is 74.2 cm³/mol. The summed E-state index contributed by atoms with van der Waals surface area (Å²) >= 11 is 0. The first-order chi connectivity index (χ1) is 9.55. The number of rotatable bonds is 8. The highest BCUT2D eigenvalue weighted by Gasteiger charge is 2.32. The molecule has 2 N–H and O–H groups in total. The van der Waals surface area contributed by atoms with E-state index in [-0.39, 0.29) is 0 Å². The Bertz CT molecular complexity index is 414. The molecule has 1 saturated carbocycles. The summed E-state index contributed by atoms with van der Waals surface area (Å²) in [7, 11) is 0. The van der Waals surface area contributed by atoms with Gasteiger partial charge in [-0.25, -0.2) is 0 Å². The average Bonchev–Trinajstić information content (AvgIpc) is 2.83. The lowest BCUT2D eigenvalue weighted by Crippen LogP contribution is -2.39. The van der Waals surface area contributed by atoms with Gasteiger partial charge in [-0.3, -0.25) is 0 Å². The fourth-order valence-corrected chi connectivity index (χ4v) is 2.41. The largest absolute Gasteiger partial charge is 0.379 e. The van der Waals surface area contributed by atoms with Gasteiger partial charge in [0.25, 0.3) is 0 Å². The van der Waals surface area contributed by atoms with Gasteiger partial charge in [0.05, 0.1) is 12.7 Å². The topological polar surface area (TPSA) is 83.4 Å². The Hall–Kier alpha value is -0.980. The van der Waals surface area contributed by atoms with Crippen molar-refractivity contribution in [1.29, 1.82) is 0 Å². The van der Waals surface area contributed by atoms with E-state index in [1.165, 1.54) is 0 Å². The van der Waals surface area contributed by atoms with E-state index in [1.54, 1.807) is 0 Å². The molecule has 1 aromatic rings. The molecule has 114 valence electrons. The van der Waals surface area contributed by atoms with Crippen LogP contribution in [0.25, 0.3) is 0 Å². The molecule has 6 heteroatoms. The van der Waals surface area contributed by atoms with Gasteiger partial charge in [0.15, 0.2) is 5.82 Å². The first-order valence-electron chi connectivity index (χ1n) is 7.36. The quantitative estimate of drug-likeness (QED) is 0.781. The minimum absolute atomic E-state index is 0.387. The number of hydrogen-bond donors (Lipinski definition) is 1. The second kappa shape index (κ2) is 6.65. The summed E-state index contributed by atoms with van der Waals surface area (Å²) in [5, 5.41) is 3.99. The average molecular weight is 283 g/mol. The van der Waals surface area contributed by atoms with E-state index in [1.807, 2.05) is 20.8 Å². The molecular formula is C14H25N3O3. The first kappa shape index (κ1) is 15.4. The highest BCUT2D eigenvalue weighted by atomic mass is 16.5. The van der Waals surface area contributed by atoms with E-state index in [2.05, 4.69) is 10.1 Å². The van der Waals surface area contributed by atoms with Crippen molar-refractivity contribution in [3.8, 4) is 0 Å². The van der Waals surface area contributed by atoms with Crippen molar-refractivity contribution < 1.29 is 14.0 Å². The molecule has 1 atom stereocenters. The summed E-state index contributed by atoms with van der Waals surface area (Å²) < 4.78 is 16.2. The number of hydrogen-bond acceptors (Lipinski definition) is 6. The smallest absolute Gasteiger partial charge is 0.226 e. The molecule has 0 spiro atoms. The van der Waals surface area contributed by atoms with E-state index in [0.717, 1.165) is 25.9 Å². The summed E-state index contributed by atoms with van der Waals surface area (Å²) in [5.41, 5.74) is 5.44. The normalized spacial score (nSPS) is 25.2. The maximum absolute atomic E-state index is 6.15. The van der Waals surface area contributed by atoms with E-state index < -0.39 is 5.54 Å². The van der Waals surface area contributed by atoms with E-state index in [4.69, 9.17) is 19.7 Å². The molecule has 0 radical (unpaired) electrons. The van der Waals surface area contributed by atoms with Crippen LogP contribution < -0.4 is 5.73 Å². The Morgan fingerprint density at radius 3 is 2.75 bits per heavy atom. The summed E-state index contributed by atoms with van der Waals surface area (Å²) in [6.07, 6.45) is 3.36. The van der Waals surface area contributed by atoms with Gasteiger partial charge < -0.3 is 19.7 Å². The molecular weight excluding hydrogens is 258 g/mol. The lowest BCUT2D eigenvalue weighted by atomic mass is 9.80. The van der Waals surface area contributed by atoms with E-state index in [0.29, 0.717) is 37.0 Å². The van der Waals surface area contributed by atoms with Gasteiger partial charge >= 0.3 is 0 Å². The summed E-state index contributed by atoms with van der Waals surface area (Å²) in [5.74, 6) is 1.76. The molecule has 2 rings (SSSR count). The fourth-order valence-electron chi connectivity index (χ4n) is 2.41. The predicted octanol–water partition coefficient (Wildman–Crippen LogP) is 1.64. The van der Waals surface area contributed by atoms with Crippen molar-refractivity contribution in [2.45, 2.75) is 51.7 Å². The van der Waals surface area contributed by atoms with Crippen LogP contribution in [-0.4, -0.2) is 36.1 Å². The Labute approximate surface area is 120 Å². The van der Waals surface area contributed by atoms with Gasteiger partial charge in [-0.15, -0.1) is 0 Å². The molecule has 1 fully saturated rings. The Morgan fingerprint density at radius 1 is 1.35 bits per heavy atom. The molecule has 0 aliphatic heterocycles. The van der Waals surface area contributed by atoms with Crippen LogP contribution >= 0.6 is 0 Å². The number of nitrogens with two attached hydrogens (primary N) is 1. The second-order valence-electron chi connectivity index (χ2n) is 5.69. The summed E-state index contributed by atoms with van der Waals surface area (Å²) in [6, 6.07) is 0. The SMILES string of the molecule is CCOCC(C)(N)c1noc(CC2CC(OCC)C2)n1. The second-order valence-corrected chi connectivity index (χ2v) is 5.69. The third-order valence-electron chi connectivity index (χ3n) is 3.64. The minimum Gasteiger partial charge on any atom is -0.379 e. The van der Waals surface area contributed by atoms with Crippen molar-refractivity contribution in [3.05, 3.63) is 11.7 Å². The van der Waals surface area contributed by atoms with Gasteiger partial charge in [0, 0.05) is 19.6 Å². The molecule has 0 saturated heterocycles. The van der Waals surface area contributed by atoms with Crippen LogP contribution in [0.5, 0.6) is 0 Å². The van der Waals surface area contributed by atoms with Crippen molar-refractivity contribution in [2.75, 3.05) is 19.8 Å². The zero-order chi connectivity index (χ0) is 14.6. The van der Waals surface area contributed by atoms with Crippen LogP contribution in [0.15, 0.2) is 4.52 Å². The molecule has 1 aromatic heterocycles. The summed E-state index contributed by atoms with van der Waals surface area (Å²) in [6.45, 7) is 7.61. The molecule has 6 nitrogen and oxygen atoms in total. The molecule has 20 heavy (non-hydrogen) atoms. The lowest BCUT2D eigenvalue weighted by molar-refractivity contribution is -0.0258. The Balaban J connectivity index is 1.83. The Morgan fingerprint density at radius 2 is 2.10 bits per heavy atom. The van der Waals surface area contributed by atoms with Gasteiger partial charge in [-0.05, 0) is 39.5 Å². The van der Waals surface area contributed by atoms with Crippen molar-refractivity contribution in [1.82, 2.24) is 10.1 Å². The van der Waals surface area contributed by atoms with Gasteiger partial charge in [-0.2, -0.15) is 4.98 Å². The highest BCUT2D eigenvalue weighted by molar-refractivity contribution is 5.02. The van der Waals surface area contributed by atoms with Crippen LogP contribution in [0.3, 0.4) is 0 Å². The zero-order valence-corrected chi connectivity index (χ0v) is 12.6. The van der Waals surface area contributed by atoms with Crippen LogP contribution in [0.1, 0.15) is 45.3 Å². The van der Waals surface area contributed by atoms with E-state index in [9.17, 15) is 0 Å². The monoisotopic (exact) mass is 283 g/mol. The number of ether oxygens (including phenoxy) is 2. The van der Waals surface area contributed by atoms with Gasteiger partial charge in [0.2, 0.25) is 5.89 Å². The van der Waals surface area contributed by atoms with Crippen molar-refractivity contribution in [3.63, 3.8) is 0 Å². The van der Waals surface area contributed by atoms with Crippen LogP contribution in [0.2, 0.25) is 0 Å². The number of nitrogens with zero attached hydrogens (tertiary/aromatic N) is 2. The highest BCUT2D eigenvalue weighted by Crippen LogP contribution is 2.32. The third-order valence-corrected chi connectivity index (χ3v) is 3.64. The molecule has 1 aliphatic rings. The van der Waals surface area contributed by atoms with Crippen LogP contribution in [0.4, 0.5) is 0 Å². The third kappa shape index (κ3) is 3.77. The Kier molecular flexibility index (Phi) is 5.12. The van der Waals surface area contributed by atoms with E-state index >= 15 is 0 Å². The van der Waals surface area contributed by atoms with Gasteiger partial charge in [-0.1, -0.05) is 5.16 Å². The molecule has 0 aromatic carbocycles. The van der Waals surface area contributed by atoms with Gasteiger partial charge in [0.1, 0.15) is 5.54 Å². The molecule has 1 aliphatic carbocycles. The van der Waals surface area contributed by atoms with Crippen LogP contribution in [-0.2, 0) is 21.4 Å². The maximum Gasteiger partial charge on any atom is 0.226 e. The molecule has 1 unspecified atom stereocenters. The summed E-state index contributed by atoms with van der Waals surface area (Å²) in [4.78, 5) is 4.40. The fraction of sp³-hybridized carbons (Fsp3) is 0.857.